The molecule has 1 atom stereocenters. The van der Waals surface area contributed by atoms with Gasteiger partial charge < -0.3 is 10.4 Å². The average molecular weight is 271 g/mol. The Bertz CT molecular complexity index is 455. The van der Waals surface area contributed by atoms with Crippen molar-refractivity contribution in [3.05, 3.63) is 35.4 Å². The SMILES string of the molecule is CC(C)(C)CC(CO)NC(=O)c1ccc(F)c(F)c1. The van der Waals surface area contributed by atoms with Crippen molar-refractivity contribution in [3.63, 3.8) is 0 Å². The van der Waals surface area contributed by atoms with Crippen molar-refractivity contribution in [1.29, 1.82) is 0 Å². The number of aliphatic hydroxyl groups is 1. The van der Waals surface area contributed by atoms with E-state index in [1.54, 1.807) is 0 Å². The highest BCUT2D eigenvalue weighted by molar-refractivity contribution is 5.94. The van der Waals surface area contributed by atoms with Crippen LogP contribution in [0, 0.1) is 17.0 Å². The summed E-state index contributed by atoms with van der Waals surface area (Å²) in [6, 6.07) is 2.54. The maximum Gasteiger partial charge on any atom is 0.251 e. The van der Waals surface area contributed by atoms with E-state index in [2.05, 4.69) is 5.32 Å². The lowest BCUT2D eigenvalue weighted by molar-refractivity contribution is 0.0897. The molecule has 106 valence electrons. The molecule has 19 heavy (non-hydrogen) atoms. The molecule has 0 spiro atoms. The number of carbonyl (C=O) groups is 1. The highest BCUT2D eigenvalue weighted by Gasteiger charge is 2.20. The van der Waals surface area contributed by atoms with Crippen LogP contribution in [0.5, 0.6) is 0 Å². The standard InChI is InChI=1S/C14H19F2NO2/c1-14(2,3)7-10(8-18)17-13(19)9-4-5-11(15)12(16)6-9/h4-6,10,18H,7-8H2,1-3H3,(H,17,19). The van der Waals surface area contributed by atoms with E-state index in [9.17, 15) is 18.7 Å². The van der Waals surface area contributed by atoms with Gasteiger partial charge in [0, 0.05) is 5.56 Å². The van der Waals surface area contributed by atoms with Gasteiger partial charge in [-0.05, 0) is 30.0 Å². The van der Waals surface area contributed by atoms with Crippen LogP contribution < -0.4 is 5.32 Å². The van der Waals surface area contributed by atoms with Crippen molar-refractivity contribution in [2.75, 3.05) is 6.61 Å². The minimum absolute atomic E-state index is 0.0336. The zero-order valence-electron chi connectivity index (χ0n) is 11.3. The second kappa shape index (κ2) is 6.10. The number of nitrogens with one attached hydrogen (secondary N) is 1. The van der Waals surface area contributed by atoms with E-state index in [-0.39, 0.29) is 17.6 Å². The third-order valence-corrected chi connectivity index (χ3v) is 2.60. The van der Waals surface area contributed by atoms with Crippen LogP contribution >= 0.6 is 0 Å². The molecule has 1 amide bonds. The van der Waals surface area contributed by atoms with Crippen molar-refractivity contribution in [2.45, 2.75) is 33.2 Å². The van der Waals surface area contributed by atoms with Crippen LogP contribution in [0.3, 0.4) is 0 Å². The van der Waals surface area contributed by atoms with Crippen LogP contribution in [0.15, 0.2) is 18.2 Å². The fourth-order valence-corrected chi connectivity index (χ4v) is 1.81. The zero-order chi connectivity index (χ0) is 14.6. The first-order valence-electron chi connectivity index (χ1n) is 6.10. The topological polar surface area (TPSA) is 49.3 Å². The van der Waals surface area contributed by atoms with Crippen molar-refractivity contribution in [2.24, 2.45) is 5.41 Å². The third-order valence-electron chi connectivity index (χ3n) is 2.60. The Labute approximate surface area is 111 Å². The van der Waals surface area contributed by atoms with Gasteiger partial charge in [-0.1, -0.05) is 20.8 Å². The number of aliphatic hydroxyl groups excluding tert-OH is 1. The van der Waals surface area contributed by atoms with E-state index in [1.165, 1.54) is 6.07 Å². The first kappa shape index (κ1) is 15.6. The summed E-state index contributed by atoms with van der Waals surface area (Å²) < 4.78 is 25.8. The second-order valence-corrected chi connectivity index (χ2v) is 5.75. The Hall–Kier alpha value is -1.49. The Kier molecular flexibility index (Phi) is 5.00. The van der Waals surface area contributed by atoms with Gasteiger partial charge in [-0.2, -0.15) is 0 Å². The molecule has 0 radical (unpaired) electrons. The van der Waals surface area contributed by atoms with E-state index >= 15 is 0 Å². The smallest absolute Gasteiger partial charge is 0.251 e. The molecule has 1 unspecified atom stereocenters. The number of hydrogen-bond acceptors (Lipinski definition) is 2. The molecule has 0 bridgehead atoms. The first-order valence-corrected chi connectivity index (χ1v) is 6.10. The maximum absolute atomic E-state index is 13.0. The van der Waals surface area contributed by atoms with Gasteiger partial charge in [0.25, 0.3) is 5.91 Å². The molecule has 1 aromatic rings. The van der Waals surface area contributed by atoms with Gasteiger partial charge in [-0.3, -0.25) is 4.79 Å². The highest BCUT2D eigenvalue weighted by Crippen LogP contribution is 2.20. The highest BCUT2D eigenvalue weighted by atomic mass is 19.2. The molecule has 0 aliphatic rings. The van der Waals surface area contributed by atoms with Crippen LogP contribution in [0.4, 0.5) is 8.78 Å². The summed E-state index contributed by atoms with van der Waals surface area (Å²) in [6.45, 7) is 5.75. The summed E-state index contributed by atoms with van der Waals surface area (Å²) in [5.41, 5.74) is -0.0272. The van der Waals surface area contributed by atoms with Gasteiger partial charge >= 0.3 is 0 Å². The van der Waals surface area contributed by atoms with Gasteiger partial charge in [0.05, 0.1) is 12.6 Å². The number of benzene rings is 1. The Balaban J connectivity index is 2.74. The molecule has 5 heteroatoms. The normalized spacial score (nSPS) is 13.2. The minimum atomic E-state index is -1.07. The van der Waals surface area contributed by atoms with Gasteiger partial charge in [-0.25, -0.2) is 8.78 Å². The summed E-state index contributed by atoms with van der Waals surface area (Å²) in [5.74, 6) is -2.59. The van der Waals surface area contributed by atoms with E-state index in [0.29, 0.717) is 6.42 Å². The lowest BCUT2D eigenvalue weighted by atomic mass is 9.88. The number of amides is 1. The summed E-state index contributed by atoms with van der Waals surface area (Å²) >= 11 is 0. The lowest BCUT2D eigenvalue weighted by Crippen LogP contribution is -2.40. The first-order chi connectivity index (χ1) is 8.73. The fourth-order valence-electron chi connectivity index (χ4n) is 1.81. The lowest BCUT2D eigenvalue weighted by Gasteiger charge is -2.25. The molecule has 0 aliphatic heterocycles. The zero-order valence-corrected chi connectivity index (χ0v) is 11.3. The fraction of sp³-hybridized carbons (Fsp3) is 0.500. The van der Waals surface area contributed by atoms with E-state index < -0.39 is 23.6 Å². The van der Waals surface area contributed by atoms with Crippen molar-refractivity contribution in [3.8, 4) is 0 Å². The molecule has 0 heterocycles. The minimum Gasteiger partial charge on any atom is -0.394 e. The third kappa shape index (κ3) is 4.95. The molecular weight excluding hydrogens is 252 g/mol. The molecule has 0 aromatic heterocycles. The van der Waals surface area contributed by atoms with Crippen LogP contribution in [0.2, 0.25) is 0 Å². The molecule has 0 saturated heterocycles. The molecule has 3 nitrogen and oxygen atoms in total. The predicted molar refractivity (Wildman–Crippen MR) is 68.8 cm³/mol. The molecular formula is C14H19F2NO2. The molecule has 1 aromatic carbocycles. The van der Waals surface area contributed by atoms with Crippen LogP contribution in [-0.2, 0) is 0 Å². The monoisotopic (exact) mass is 271 g/mol. The van der Waals surface area contributed by atoms with Gasteiger partial charge in [-0.15, -0.1) is 0 Å². The Morgan fingerprint density at radius 1 is 1.32 bits per heavy atom. The predicted octanol–water partition coefficient (Wildman–Crippen LogP) is 2.49. The van der Waals surface area contributed by atoms with Gasteiger partial charge in [0.15, 0.2) is 11.6 Å². The number of halogens is 2. The van der Waals surface area contributed by atoms with Crippen molar-refractivity contribution in [1.82, 2.24) is 5.32 Å². The second-order valence-electron chi connectivity index (χ2n) is 5.75. The number of rotatable bonds is 4. The number of hydrogen-bond donors (Lipinski definition) is 2. The van der Waals surface area contributed by atoms with Crippen molar-refractivity contribution >= 4 is 5.91 Å². The molecule has 1 rings (SSSR count). The molecule has 2 N–H and O–H groups in total. The van der Waals surface area contributed by atoms with Gasteiger partial charge in [0.2, 0.25) is 0 Å². The summed E-state index contributed by atoms with van der Waals surface area (Å²) in [6.07, 6.45) is 0.582. The Morgan fingerprint density at radius 2 is 1.95 bits per heavy atom. The van der Waals surface area contributed by atoms with E-state index in [0.717, 1.165) is 12.1 Å². The summed E-state index contributed by atoms with van der Waals surface area (Å²) in [5, 5.41) is 11.8. The van der Waals surface area contributed by atoms with Crippen LogP contribution in [-0.4, -0.2) is 23.7 Å². The number of carbonyl (C=O) groups excluding carboxylic acids is 1. The van der Waals surface area contributed by atoms with Crippen molar-refractivity contribution < 1.29 is 18.7 Å². The average Bonchev–Trinajstić information content (AvgIpc) is 2.29. The quantitative estimate of drug-likeness (QED) is 0.884. The molecule has 0 aliphatic carbocycles. The van der Waals surface area contributed by atoms with Gasteiger partial charge in [0.1, 0.15) is 0 Å². The van der Waals surface area contributed by atoms with E-state index in [1.807, 2.05) is 20.8 Å². The Morgan fingerprint density at radius 3 is 2.42 bits per heavy atom. The molecule has 0 saturated carbocycles. The summed E-state index contributed by atoms with van der Waals surface area (Å²) in [7, 11) is 0. The van der Waals surface area contributed by atoms with Crippen LogP contribution in [0.1, 0.15) is 37.6 Å². The van der Waals surface area contributed by atoms with E-state index in [4.69, 9.17) is 0 Å². The summed E-state index contributed by atoms with van der Waals surface area (Å²) in [4.78, 5) is 11.9. The largest absolute Gasteiger partial charge is 0.394 e. The van der Waals surface area contributed by atoms with Crippen LogP contribution in [0.25, 0.3) is 0 Å². The maximum atomic E-state index is 13.0. The molecule has 0 fully saturated rings.